The predicted octanol–water partition coefficient (Wildman–Crippen LogP) is 0.786. The van der Waals surface area contributed by atoms with Crippen molar-refractivity contribution in [3.05, 3.63) is 35.7 Å². The number of benzene rings is 1. The number of hydrogen-bond donors (Lipinski definition) is 3. The molecule has 2 atom stereocenters. The maximum absolute atomic E-state index is 11.1. The zero-order valence-corrected chi connectivity index (χ0v) is 12.9. The van der Waals surface area contributed by atoms with E-state index in [4.69, 9.17) is 14.9 Å². The van der Waals surface area contributed by atoms with Gasteiger partial charge in [-0.15, -0.1) is 10.2 Å². The summed E-state index contributed by atoms with van der Waals surface area (Å²) in [6, 6.07) is 6.67. The third-order valence-electron chi connectivity index (χ3n) is 3.47. The second kappa shape index (κ2) is 7.54. The zero-order chi connectivity index (χ0) is 16.8. The minimum absolute atomic E-state index is 0.124. The lowest BCUT2D eigenvalue weighted by Crippen LogP contribution is -2.31. The average molecular weight is 321 g/mol. The molecule has 0 saturated heterocycles. The van der Waals surface area contributed by atoms with Gasteiger partial charge in [0, 0.05) is 5.92 Å². The van der Waals surface area contributed by atoms with Crippen molar-refractivity contribution in [3.63, 3.8) is 0 Å². The van der Waals surface area contributed by atoms with Gasteiger partial charge < -0.3 is 20.3 Å². The normalized spacial score (nSPS) is 13.3. The van der Waals surface area contributed by atoms with E-state index >= 15 is 0 Å². The fourth-order valence-electron chi connectivity index (χ4n) is 2.21. The summed E-state index contributed by atoms with van der Waals surface area (Å²) in [6.45, 7) is 1.94. The van der Waals surface area contributed by atoms with E-state index in [0.29, 0.717) is 0 Å². The molecule has 1 aromatic carbocycles. The smallest absolute Gasteiger partial charge is 0.405 e. The number of tetrazole rings is 1. The first-order valence-electron chi connectivity index (χ1n) is 7.07. The molecule has 0 fully saturated rings. The summed E-state index contributed by atoms with van der Waals surface area (Å²) in [5.41, 5.74) is 0.906. The minimum atomic E-state index is -1.17. The van der Waals surface area contributed by atoms with Crippen LogP contribution in [-0.2, 0) is 6.54 Å². The van der Waals surface area contributed by atoms with Crippen LogP contribution in [0, 0.1) is 0 Å². The molecule has 0 aliphatic carbocycles. The number of carbonyl (C=O) groups is 1. The Morgan fingerprint density at radius 1 is 1.39 bits per heavy atom. The number of ether oxygens (including phenoxy) is 1. The largest absolute Gasteiger partial charge is 0.497 e. The average Bonchev–Trinajstić information content (AvgIpc) is 3.00. The number of aliphatic hydroxyl groups excluding tert-OH is 1. The minimum Gasteiger partial charge on any atom is -0.497 e. The molecule has 2 unspecified atom stereocenters. The van der Waals surface area contributed by atoms with E-state index in [1.807, 2.05) is 19.1 Å². The molecule has 1 heterocycles. The molecule has 0 spiro atoms. The standard InChI is InChI=1S/C14H19N5O4/c1-9(10-3-5-11(23-2)6-4-10)12(15-14(21)22)13-16-18-19(17-13)7-8-20/h3-6,9,12,15,20H,7-8H2,1-2H3,(H,21,22). The van der Waals surface area contributed by atoms with Gasteiger partial charge in [-0.1, -0.05) is 19.1 Å². The number of carboxylic acid groups (broad SMARTS) is 1. The van der Waals surface area contributed by atoms with Crippen LogP contribution in [0.3, 0.4) is 0 Å². The first kappa shape index (κ1) is 16.7. The quantitative estimate of drug-likeness (QED) is 0.689. The van der Waals surface area contributed by atoms with Crippen molar-refractivity contribution in [2.75, 3.05) is 13.7 Å². The number of aliphatic hydroxyl groups is 1. The summed E-state index contributed by atoms with van der Waals surface area (Å²) in [7, 11) is 1.58. The molecule has 0 bridgehead atoms. The SMILES string of the molecule is COc1ccc(C(C)C(NC(=O)O)c2nnn(CCO)n2)cc1. The Kier molecular flexibility index (Phi) is 5.47. The number of amides is 1. The van der Waals surface area contributed by atoms with Gasteiger partial charge in [0.1, 0.15) is 11.8 Å². The summed E-state index contributed by atoms with van der Waals surface area (Å²) in [5, 5.41) is 32.2. The molecule has 23 heavy (non-hydrogen) atoms. The molecule has 0 aliphatic heterocycles. The number of rotatable bonds is 7. The van der Waals surface area contributed by atoms with Gasteiger partial charge in [0.2, 0.25) is 0 Å². The zero-order valence-electron chi connectivity index (χ0n) is 12.9. The highest BCUT2D eigenvalue weighted by atomic mass is 16.5. The number of aromatic nitrogens is 4. The Labute approximate surface area is 132 Å². The number of hydrogen-bond acceptors (Lipinski definition) is 6. The Morgan fingerprint density at radius 2 is 2.09 bits per heavy atom. The first-order chi connectivity index (χ1) is 11.0. The molecule has 0 radical (unpaired) electrons. The Balaban J connectivity index is 2.26. The lowest BCUT2D eigenvalue weighted by Gasteiger charge is -2.21. The predicted molar refractivity (Wildman–Crippen MR) is 80.2 cm³/mol. The van der Waals surface area contributed by atoms with E-state index in [-0.39, 0.29) is 24.9 Å². The number of nitrogens with one attached hydrogen (secondary N) is 1. The van der Waals surface area contributed by atoms with Crippen LogP contribution in [0.4, 0.5) is 4.79 Å². The van der Waals surface area contributed by atoms with Crippen LogP contribution in [0.15, 0.2) is 24.3 Å². The Morgan fingerprint density at radius 3 is 2.65 bits per heavy atom. The highest BCUT2D eigenvalue weighted by Gasteiger charge is 2.27. The second-order valence-electron chi connectivity index (χ2n) is 4.96. The topological polar surface area (TPSA) is 122 Å². The van der Waals surface area contributed by atoms with E-state index in [2.05, 4.69) is 20.7 Å². The number of methoxy groups -OCH3 is 1. The molecule has 124 valence electrons. The van der Waals surface area contributed by atoms with Gasteiger partial charge in [-0.2, -0.15) is 4.80 Å². The highest BCUT2D eigenvalue weighted by molar-refractivity contribution is 5.65. The summed E-state index contributed by atoms with van der Waals surface area (Å²) >= 11 is 0. The molecule has 2 rings (SSSR count). The van der Waals surface area contributed by atoms with Crippen LogP contribution in [0.1, 0.15) is 30.3 Å². The van der Waals surface area contributed by atoms with Gasteiger partial charge in [0.25, 0.3) is 0 Å². The van der Waals surface area contributed by atoms with Crippen LogP contribution >= 0.6 is 0 Å². The van der Waals surface area contributed by atoms with Crippen LogP contribution in [0.25, 0.3) is 0 Å². The lowest BCUT2D eigenvalue weighted by atomic mass is 9.93. The van der Waals surface area contributed by atoms with Crippen molar-refractivity contribution < 1.29 is 19.7 Å². The molecule has 1 amide bonds. The molecule has 0 saturated carbocycles. The van der Waals surface area contributed by atoms with Crippen LogP contribution in [0.5, 0.6) is 5.75 Å². The Hall–Kier alpha value is -2.68. The van der Waals surface area contributed by atoms with Gasteiger partial charge in [-0.05, 0) is 22.9 Å². The van der Waals surface area contributed by atoms with E-state index in [1.54, 1.807) is 19.2 Å². The molecular weight excluding hydrogens is 302 g/mol. The van der Waals surface area contributed by atoms with Crippen LogP contribution < -0.4 is 10.1 Å². The molecule has 9 nitrogen and oxygen atoms in total. The molecule has 0 aliphatic rings. The van der Waals surface area contributed by atoms with Gasteiger partial charge in [0.15, 0.2) is 5.82 Å². The fraction of sp³-hybridized carbons (Fsp3) is 0.429. The maximum atomic E-state index is 11.1. The third kappa shape index (κ3) is 4.16. The number of nitrogens with zero attached hydrogens (tertiary/aromatic N) is 4. The van der Waals surface area contributed by atoms with Crippen molar-refractivity contribution in [1.29, 1.82) is 0 Å². The van der Waals surface area contributed by atoms with Crippen molar-refractivity contribution in [2.24, 2.45) is 0 Å². The van der Waals surface area contributed by atoms with Crippen molar-refractivity contribution in [1.82, 2.24) is 25.5 Å². The molecule has 2 aromatic rings. The third-order valence-corrected chi connectivity index (χ3v) is 3.47. The van der Waals surface area contributed by atoms with Crippen LogP contribution in [-0.4, -0.2) is 50.2 Å². The van der Waals surface area contributed by atoms with Crippen molar-refractivity contribution in [3.8, 4) is 5.75 Å². The first-order valence-corrected chi connectivity index (χ1v) is 7.07. The Bertz CT molecular complexity index is 643. The highest BCUT2D eigenvalue weighted by Crippen LogP contribution is 2.29. The molecule has 3 N–H and O–H groups in total. The maximum Gasteiger partial charge on any atom is 0.405 e. The lowest BCUT2D eigenvalue weighted by molar-refractivity contribution is 0.187. The summed E-state index contributed by atoms with van der Waals surface area (Å²) < 4.78 is 5.12. The second-order valence-corrected chi connectivity index (χ2v) is 4.96. The van der Waals surface area contributed by atoms with Crippen molar-refractivity contribution >= 4 is 6.09 Å². The van der Waals surface area contributed by atoms with Gasteiger partial charge in [-0.3, -0.25) is 0 Å². The molecule has 9 heteroatoms. The monoisotopic (exact) mass is 321 g/mol. The fourth-order valence-corrected chi connectivity index (χ4v) is 2.21. The van der Waals surface area contributed by atoms with Gasteiger partial charge in [-0.25, -0.2) is 4.79 Å². The molecular formula is C14H19N5O4. The van der Waals surface area contributed by atoms with Crippen molar-refractivity contribution in [2.45, 2.75) is 25.4 Å². The van der Waals surface area contributed by atoms with Gasteiger partial charge in [0.05, 0.1) is 20.3 Å². The summed E-state index contributed by atoms with van der Waals surface area (Å²) in [6.07, 6.45) is -1.17. The van der Waals surface area contributed by atoms with E-state index in [1.165, 1.54) is 4.80 Å². The summed E-state index contributed by atoms with van der Waals surface area (Å²) in [5.74, 6) is 0.753. The van der Waals surface area contributed by atoms with Gasteiger partial charge >= 0.3 is 6.09 Å². The van der Waals surface area contributed by atoms with Crippen LogP contribution in [0.2, 0.25) is 0 Å². The summed E-state index contributed by atoms with van der Waals surface area (Å²) in [4.78, 5) is 12.3. The molecule has 1 aromatic heterocycles. The van der Waals surface area contributed by atoms with E-state index in [0.717, 1.165) is 11.3 Å². The van der Waals surface area contributed by atoms with E-state index < -0.39 is 12.1 Å². The van der Waals surface area contributed by atoms with E-state index in [9.17, 15) is 4.79 Å².